The third kappa shape index (κ3) is 62.1. The van der Waals surface area contributed by atoms with E-state index in [1.807, 2.05) is 0 Å². The number of allylic oxidation sites excluding steroid dienone is 4. The average Bonchev–Trinajstić information content (AvgIpc) is 3.66. The minimum Gasteiger partial charge on any atom is -0.462 e. The second-order valence-electron chi connectivity index (χ2n) is 25.3. The van der Waals surface area contributed by atoms with Crippen LogP contribution in [0.3, 0.4) is 0 Å². The maximum Gasteiger partial charge on any atom is 0.472 e. The topological polar surface area (TPSA) is 237 Å². The first-order valence-electron chi connectivity index (χ1n) is 34.7. The summed E-state index contributed by atoms with van der Waals surface area (Å²) in [5, 5.41) is 10.6. The number of unbranched alkanes of at least 4 members (excludes halogenated alkanes) is 29. The minimum absolute atomic E-state index is 0.0947. The zero-order valence-electron chi connectivity index (χ0n) is 56.0. The van der Waals surface area contributed by atoms with E-state index in [-0.39, 0.29) is 25.7 Å². The van der Waals surface area contributed by atoms with E-state index in [4.69, 9.17) is 37.0 Å². The van der Waals surface area contributed by atoms with Crippen LogP contribution in [0.15, 0.2) is 24.3 Å². The smallest absolute Gasteiger partial charge is 0.462 e. The van der Waals surface area contributed by atoms with Crippen molar-refractivity contribution in [3.63, 3.8) is 0 Å². The van der Waals surface area contributed by atoms with Gasteiger partial charge in [-0.05, 0) is 69.1 Å². The van der Waals surface area contributed by atoms with Crippen LogP contribution in [0.4, 0.5) is 0 Å². The lowest BCUT2D eigenvalue weighted by Crippen LogP contribution is -2.30. The molecule has 0 bridgehead atoms. The van der Waals surface area contributed by atoms with E-state index in [1.54, 1.807) is 0 Å². The molecule has 0 heterocycles. The molecule has 0 fully saturated rings. The number of esters is 4. The number of phosphoric acid groups is 2. The molecule has 0 amide bonds. The lowest BCUT2D eigenvalue weighted by Gasteiger charge is -2.21. The number of phosphoric ester groups is 2. The predicted molar refractivity (Wildman–Crippen MR) is 349 cm³/mol. The van der Waals surface area contributed by atoms with Gasteiger partial charge < -0.3 is 33.8 Å². The third-order valence-electron chi connectivity index (χ3n) is 15.0. The second-order valence-corrected chi connectivity index (χ2v) is 28.2. The Morgan fingerprint density at radius 3 is 0.931 bits per heavy atom. The van der Waals surface area contributed by atoms with Gasteiger partial charge >= 0.3 is 39.5 Å². The molecule has 3 unspecified atom stereocenters. The lowest BCUT2D eigenvalue weighted by molar-refractivity contribution is -0.161. The molecule has 0 aromatic rings. The molecule has 3 N–H and O–H groups in total. The zero-order chi connectivity index (χ0) is 64.5. The Morgan fingerprint density at radius 2 is 0.621 bits per heavy atom. The summed E-state index contributed by atoms with van der Waals surface area (Å²) in [5.74, 6) is -0.0404. The Kier molecular flexibility index (Phi) is 57.0. The fourth-order valence-corrected chi connectivity index (χ4v) is 11.2. The third-order valence-corrected chi connectivity index (χ3v) is 16.9. The van der Waals surface area contributed by atoms with Crippen LogP contribution < -0.4 is 0 Å². The number of carbonyl (C=O) groups is 4. The van der Waals surface area contributed by atoms with E-state index >= 15 is 0 Å². The number of aliphatic hydroxyl groups excluding tert-OH is 1. The van der Waals surface area contributed by atoms with E-state index in [9.17, 15) is 43.2 Å². The first-order chi connectivity index (χ1) is 41.7. The Labute approximate surface area is 529 Å². The largest absolute Gasteiger partial charge is 0.472 e. The number of hydrogen-bond donors (Lipinski definition) is 3. The van der Waals surface area contributed by atoms with Crippen molar-refractivity contribution in [1.82, 2.24) is 0 Å². The van der Waals surface area contributed by atoms with Gasteiger partial charge in [-0.3, -0.25) is 37.3 Å². The molecular formula is C68H128O17P2. The van der Waals surface area contributed by atoms with Crippen LogP contribution >= 0.6 is 15.6 Å². The van der Waals surface area contributed by atoms with Gasteiger partial charge in [-0.25, -0.2) is 9.13 Å². The highest BCUT2D eigenvalue weighted by Crippen LogP contribution is 2.45. The van der Waals surface area contributed by atoms with E-state index in [0.29, 0.717) is 31.6 Å². The van der Waals surface area contributed by atoms with Crippen molar-refractivity contribution < 1.29 is 80.2 Å². The highest BCUT2D eigenvalue weighted by molar-refractivity contribution is 7.47. The van der Waals surface area contributed by atoms with Crippen LogP contribution in [0, 0.1) is 17.8 Å². The summed E-state index contributed by atoms with van der Waals surface area (Å²) >= 11 is 0. The molecule has 0 saturated heterocycles. The molecule has 0 spiro atoms. The molecule has 0 aliphatic rings. The van der Waals surface area contributed by atoms with Gasteiger partial charge in [0, 0.05) is 25.7 Å². The second kappa shape index (κ2) is 58.6. The number of ether oxygens (including phenoxy) is 4. The summed E-state index contributed by atoms with van der Waals surface area (Å²) in [4.78, 5) is 72.3. The van der Waals surface area contributed by atoms with Crippen molar-refractivity contribution in [2.24, 2.45) is 17.8 Å². The maximum absolute atomic E-state index is 13.0. The Bertz CT molecular complexity index is 1810. The van der Waals surface area contributed by atoms with Crippen LogP contribution in [0.25, 0.3) is 0 Å². The predicted octanol–water partition coefficient (Wildman–Crippen LogP) is 18.6. The standard InChI is InChI=1S/C68H128O17P2/c1-8-9-10-11-12-13-14-15-16-17-18-21-27-35-42-49-65(70)78-56-64(85-68(73)52-45-38-31-30-34-41-48-61(6)7)58-83-87(76,77)81-54-62(69)53-80-86(74,75)82-57-63(55-79-66(71)50-43-36-28-24-23-26-33-40-47-60(4)5)84-67(72)51-44-37-29-22-19-20-25-32-39-46-59(2)3/h13-16,59-64,69H,8-12,17-58H2,1-7H3,(H,74,75)(H,76,77)/b14-13-,16-15-/t62?,63-,64-/m1/s1. The molecule has 19 heteroatoms. The highest BCUT2D eigenvalue weighted by atomic mass is 31.2. The van der Waals surface area contributed by atoms with Crippen molar-refractivity contribution in [1.29, 1.82) is 0 Å². The van der Waals surface area contributed by atoms with Crippen LogP contribution in [0.2, 0.25) is 0 Å². The maximum atomic E-state index is 13.0. The molecule has 512 valence electrons. The quantitative estimate of drug-likeness (QED) is 0.0169. The summed E-state index contributed by atoms with van der Waals surface area (Å²) in [6, 6.07) is 0. The monoisotopic (exact) mass is 1280 g/mol. The van der Waals surface area contributed by atoms with E-state index in [0.717, 1.165) is 121 Å². The molecule has 0 rings (SSSR count). The molecule has 0 aromatic heterocycles. The molecule has 5 atom stereocenters. The Balaban J connectivity index is 5.25. The fraction of sp³-hybridized carbons (Fsp3) is 0.882. The fourth-order valence-electron chi connectivity index (χ4n) is 9.65. The van der Waals surface area contributed by atoms with Gasteiger partial charge in [0.1, 0.15) is 19.3 Å². The van der Waals surface area contributed by atoms with Gasteiger partial charge in [0.25, 0.3) is 0 Å². The highest BCUT2D eigenvalue weighted by Gasteiger charge is 2.30. The minimum atomic E-state index is -4.95. The van der Waals surface area contributed by atoms with Gasteiger partial charge in [-0.2, -0.15) is 0 Å². The van der Waals surface area contributed by atoms with Gasteiger partial charge in [0.2, 0.25) is 0 Å². The first kappa shape index (κ1) is 84.5. The van der Waals surface area contributed by atoms with Crippen LogP contribution in [0.5, 0.6) is 0 Å². The molecule has 87 heavy (non-hydrogen) atoms. The number of hydrogen-bond acceptors (Lipinski definition) is 15. The molecular weight excluding hydrogens is 1150 g/mol. The molecule has 0 aliphatic carbocycles. The van der Waals surface area contributed by atoms with Crippen LogP contribution in [-0.4, -0.2) is 96.7 Å². The number of carbonyl (C=O) groups excluding carboxylic acids is 4. The molecule has 0 aliphatic heterocycles. The summed E-state index contributed by atoms with van der Waals surface area (Å²) in [6.45, 7) is 11.6. The van der Waals surface area contributed by atoms with Crippen LogP contribution in [-0.2, 0) is 65.4 Å². The van der Waals surface area contributed by atoms with E-state index in [2.05, 4.69) is 72.8 Å². The SMILES string of the molecule is CCCCCC/C=C\C=C/CCCCCCCC(=O)OC[C@H](COP(=O)(O)OCC(O)COP(=O)(O)OC[C@@H](COC(=O)CCCCCCCCCCC(C)C)OC(=O)CCCCCCCCCCCC(C)C)OC(=O)CCCCCCCCC(C)C. The zero-order valence-corrected chi connectivity index (χ0v) is 57.7. The first-order valence-corrected chi connectivity index (χ1v) is 37.7. The van der Waals surface area contributed by atoms with E-state index in [1.165, 1.54) is 103 Å². The van der Waals surface area contributed by atoms with Gasteiger partial charge in [-0.1, -0.05) is 259 Å². The van der Waals surface area contributed by atoms with Crippen molar-refractivity contribution in [3.8, 4) is 0 Å². The normalized spacial score (nSPS) is 14.4. The van der Waals surface area contributed by atoms with Crippen molar-refractivity contribution >= 4 is 39.5 Å². The summed E-state index contributed by atoms with van der Waals surface area (Å²) in [6.07, 6.45) is 44.1. The summed E-state index contributed by atoms with van der Waals surface area (Å²) < 4.78 is 68.1. The molecule has 0 radical (unpaired) electrons. The van der Waals surface area contributed by atoms with Crippen molar-refractivity contribution in [2.75, 3.05) is 39.6 Å². The van der Waals surface area contributed by atoms with Gasteiger partial charge in [0.15, 0.2) is 12.2 Å². The van der Waals surface area contributed by atoms with Crippen molar-refractivity contribution in [2.45, 2.75) is 330 Å². The van der Waals surface area contributed by atoms with Crippen LogP contribution in [0.1, 0.15) is 312 Å². The summed E-state index contributed by atoms with van der Waals surface area (Å²) in [5.41, 5.74) is 0. The Morgan fingerprint density at radius 1 is 0.356 bits per heavy atom. The van der Waals surface area contributed by atoms with Gasteiger partial charge in [0.05, 0.1) is 26.4 Å². The lowest BCUT2D eigenvalue weighted by atomic mass is 10.0. The van der Waals surface area contributed by atoms with E-state index < -0.39 is 97.5 Å². The summed E-state index contributed by atoms with van der Waals surface area (Å²) in [7, 11) is -9.91. The van der Waals surface area contributed by atoms with Gasteiger partial charge in [-0.15, -0.1) is 0 Å². The number of rotatable bonds is 64. The molecule has 0 aromatic carbocycles. The Hall–Kier alpha value is -2.46. The molecule has 17 nitrogen and oxygen atoms in total. The number of aliphatic hydroxyl groups is 1. The van der Waals surface area contributed by atoms with Crippen molar-refractivity contribution in [3.05, 3.63) is 24.3 Å². The molecule has 0 saturated carbocycles. The average molecular weight is 1280 g/mol.